The maximum Gasteiger partial charge on any atom is 0.264 e. The molecule has 36 heavy (non-hydrogen) atoms. The molecule has 1 amide bonds. The van der Waals surface area contributed by atoms with Gasteiger partial charge in [-0.05, 0) is 85.1 Å². The predicted octanol–water partition coefficient (Wildman–Crippen LogP) is 4.55. The largest absolute Gasteiger partial charge is 0.363 e. The molecule has 0 radical (unpaired) electrons. The van der Waals surface area contributed by atoms with E-state index in [0.717, 1.165) is 42.8 Å². The van der Waals surface area contributed by atoms with Gasteiger partial charge in [-0.1, -0.05) is 11.2 Å². The summed E-state index contributed by atoms with van der Waals surface area (Å²) in [6.07, 6.45) is 5.06. The summed E-state index contributed by atoms with van der Waals surface area (Å²) in [4.78, 5) is 13.1. The number of benzene rings is 2. The van der Waals surface area contributed by atoms with Crippen LogP contribution in [0, 0.1) is 17.2 Å². The van der Waals surface area contributed by atoms with Gasteiger partial charge in [0.2, 0.25) is 0 Å². The number of thioether (sulfide) groups is 1. The first kappa shape index (κ1) is 23.1. The summed E-state index contributed by atoms with van der Waals surface area (Å²) in [5.41, 5.74) is 1.97. The predicted molar refractivity (Wildman–Crippen MR) is 136 cm³/mol. The summed E-state index contributed by atoms with van der Waals surface area (Å²) < 4.78 is 34.8. The molecule has 1 spiro atoms. The van der Waals surface area contributed by atoms with E-state index in [0.29, 0.717) is 22.6 Å². The molecule has 3 heterocycles. The minimum Gasteiger partial charge on any atom is -0.363 e. The molecule has 1 unspecified atom stereocenters. The number of hydrogen-bond donors (Lipinski definition) is 1. The number of aromatic nitrogens is 1. The molecule has 1 N–H and O–H groups in total. The van der Waals surface area contributed by atoms with Crippen molar-refractivity contribution >= 4 is 39.2 Å². The Balaban J connectivity index is 1.49. The van der Waals surface area contributed by atoms with E-state index in [1.54, 1.807) is 40.7 Å². The molecule has 1 saturated carbocycles. The molecule has 2 aliphatic heterocycles. The summed E-state index contributed by atoms with van der Waals surface area (Å²) in [6.45, 7) is 0. The van der Waals surface area contributed by atoms with Gasteiger partial charge in [0.05, 0.1) is 28.3 Å². The van der Waals surface area contributed by atoms with Crippen molar-refractivity contribution in [2.75, 3.05) is 21.1 Å². The van der Waals surface area contributed by atoms with E-state index in [4.69, 9.17) is 4.52 Å². The van der Waals surface area contributed by atoms with E-state index in [1.165, 1.54) is 12.3 Å². The van der Waals surface area contributed by atoms with Gasteiger partial charge in [-0.25, -0.2) is 8.42 Å². The lowest BCUT2D eigenvalue weighted by Gasteiger charge is -2.41. The van der Waals surface area contributed by atoms with Crippen LogP contribution in [0.1, 0.15) is 47.2 Å². The van der Waals surface area contributed by atoms with Gasteiger partial charge in [-0.15, -0.1) is 0 Å². The Bertz CT molecular complexity index is 1470. The number of carbonyl (C=O) groups is 1. The Morgan fingerprint density at radius 3 is 2.67 bits per heavy atom. The second-order valence-corrected chi connectivity index (χ2v) is 12.6. The first-order valence-corrected chi connectivity index (χ1v) is 14.5. The van der Waals surface area contributed by atoms with Gasteiger partial charge in [0.1, 0.15) is 6.26 Å². The minimum absolute atomic E-state index is 0.119. The van der Waals surface area contributed by atoms with Crippen LogP contribution in [0.15, 0.2) is 64.2 Å². The molecular formula is C26H24N4O4S2. The van der Waals surface area contributed by atoms with E-state index in [2.05, 4.69) is 10.5 Å². The SMILES string of the molecule is N#Cc1cccc(S(=O)(=O)N2c3ccc(C(=O)Nc4ccon4)cc3C3(CCSCC3)C2C2CC2)c1. The lowest BCUT2D eigenvalue weighted by Crippen LogP contribution is -2.50. The molecule has 0 bridgehead atoms. The van der Waals surface area contributed by atoms with Crippen LogP contribution in [0.2, 0.25) is 0 Å². The van der Waals surface area contributed by atoms with Crippen molar-refractivity contribution in [3.63, 3.8) is 0 Å². The fraction of sp³-hybridized carbons (Fsp3) is 0.346. The third kappa shape index (κ3) is 3.69. The quantitative estimate of drug-likeness (QED) is 0.525. The number of nitrogens with one attached hydrogen (secondary N) is 1. The molecule has 1 aromatic heterocycles. The number of nitriles is 1. The zero-order valence-electron chi connectivity index (χ0n) is 19.4. The van der Waals surface area contributed by atoms with Crippen molar-refractivity contribution in [3.05, 3.63) is 71.5 Å². The van der Waals surface area contributed by atoms with Crippen molar-refractivity contribution in [1.82, 2.24) is 5.16 Å². The third-order valence-electron chi connectivity index (χ3n) is 7.50. The Morgan fingerprint density at radius 2 is 1.97 bits per heavy atom. The summed E-state index contributed by atoms with van der Waals surface area (Å²) in [6, 6.07) is 14.9. The molecule has 184 valence electrons. The number of carbonyl (C=O) groups excluding carboxylic acids is 1. The van der Waals surface area contributed by atoms with Crippen molar-refractivity contribution < 1.29 is 17.7 Å². The molecule has 1 aliphatic carbocycles. The normalized spacial score (nSPS) is 20.6. The summed E-state index contributed by atoms with van der Waals surface area (Å²) in [5, 5.41) is 15.9. The van der Waals surface area contributed by atoms with Gasteiger partial charge in [0.25, 0.3) is 15.9 Å². The van der Waals surface area contributed by atoms with E-state index < -0.39 is 10.0 Å². The standard InChI is InChI=1S/C26H24N4O4S2/c27-16-17-2-1-3-20(14-17)36(32,33)30-22-7-6-19(25(31)28-23-8-11-34-29-23)15-21(22)26(9-12-35-13-10-26)24(30)18-4-5-18/h1-3,6-8,11,14-15,18,24H,4-5,9-10,12-13H2,(H,28,29,31). The van der Waals surface area contributed by atoms with Crippen molar-refractivity contribution in [3.8, 4) is 6.07 Å². The summed E-state index contributed by atoms with van der Waals surface area (Å²) in [5.74, 6) is 2.15. The van der Waals surface area contributed by atoms with E-state index in [1.807, 2.05) is 23.9 Å². The Hall–Kier alpha value is -3.29. The van der Waals surface area contributed by atoms with Gasteiger partial charge in [-0.2, -0.15) is 17.0 Å². The highest BCUT2D eigenvalue weighted by Crippen LogP contribution is 2.59. The molecule has 3 aromatic rings. The number of sulfonamides is 1. The van der Waals surface area contributed by atoms with Crippen LogP contribution in [0.5, 0.6) is 0 Å². The zero-order chi connectivity index (χ0) is 24.9. The zero-order valence-corrected chi connectivity index (χ0v) is 21.0. The molecule has 6 rings (SSSR count). The van der Waals surface area contributed by atoms with Crippen LogP contribution in [-0.2, 0) is 15.4 Å². The van der Waals surface area contributed by atoms with E-state index >= 15 is 0 Å². The number of anilines is 2. The minimum atomic E-state index is -3.94. The van der Waals surface area contributed by atoms with E-state index in [-0.39, 0.29) is 28.2 Å². The fourth-order valence-electron chi connectivity index (χ4n) is 5.74. The van der Waals surface area contributed by atoms with Crippen molar-refractivity contribution in [1.29, 1.82) is 5.26 Å². The first-order valence-electron chi connectivity index (χ1n) is 11.9. The molecule has 10 heteroatoms. The Morgan fingerprint density at radius 1 is 1.17 bits per heavy atom. The third-order valence-corrected chi connectivity index (χ3v) is 10.3. The van der Waals surface area contributed by atoms with Gasteiger partial charge < -0.3 is 9.84 Å². The smallest absolute Gasteiger partial charge is 0.264 e. The van der Waals surface area contributed by atoms with E-state index in [9.17, 15) is 18.5 Å². The summed E-state index contributed by atoms with van der Waals surface area (Å²) >= 11 is 1.89. The van der Waals surface area contributed by atoms with Gasteiger partial charge in [0, 0.05) is 17.0 Å². The monoisotopic (exact) mass is 520 g/mol. The van der Waals surface area contributed by atoms with Crippen LogP contribution in [0.25, 0.3) is 0 Å². The summed E-state index contributed by atoms with van der Waals surface area (Å²) in [7, 11) is -3.94. The van der Waals surface area contributed by atoms with Gasteiger partial charge >= 0.3 is 0 Å². The fourth-order valence-corrected chi connectivity index (χ4v) is 8.81. The average Bonchev–Trinajstić information content (AvgIpc) is 3.54. The highest BCUT2D eigenvalue weighted by Gasteiger charge is 2.59. The Labute approximate surface area is 213 Å². The average molecular weight is 521 g/mol. The lowest BCUT2D eigenvalue weighted by atomic mass is 9.70. The van der Waals surface area contributed by atoms with Crippen LogP contribution < -0.4 is 9.62 Å². The van der Waals surface area contributed by atoms with Crippen LogP contribution in [0.4, 0.5) is 11.5 Å². The van der Waals surface area contributed by atoms with Crippen LogP contribution in [-0.4, -0.2) is 37.0 Å². The molecule has 1 atom stereocenters. The lowest BCUT2D eigenvalue weighted by molar-refractivity contribution is 0.102. The highest BCUT2D eigenvalue weighted by molar-refractivity contribution is 7.99. The highest BCUT2D eigenvalue weighted by atomic mass is 32.2. The maximum absolute atomic E-state index is 14.2. The van der Waals surface area contributed by atoms with Crippen molar-refractivity contribution in [2.45, 2.75) is 42.0 Å². The van der Waals surface area contributed by atoms with Crippen LogP contribution in [0.3, 0.4) is 0 Å². The second kappa shape index (κ2) is 8.68. The Kier molecular flexibility index (Phi) is 5.57. The number of nitrogens with zero attached hydrogens (tertiary/aromatic N) is 3. The topological polar surface area (TPSA) is 116 Å². The molecular weight excluding hydrogens is 496 g/mol. The number of rotatable bonds is 5. The van der Waals surface area contributed by atoms with Crippen molar-refractivity contribution in [2.24, 2.45) is 5.92 Å². The number of amides is 1. The second-order valence-electron chi connectivity index (χ2n) is 9.56. The molecule has 3 aliphatic rings. The molecule has 1 saturated heterocycles. The number of fused-ring (bicyclic) bond motifs is 2. The number of hydrogen-bond acceptors (Lipinski definition) is 7. The van der Waals surface area contributed by atoms with Gasteiger partial charge in [0.15, 0.2) is 5.82 Å². The van der Waals surface area contributed by atoms with Crippen LogP contribution >= 0.6 is 11.8 Å². The molecule has 2 aromatic carbocycles. The first-order chi connectivity index (χ1) is 17.4. The maximum atomic E-state index is 14.2. The molecule has 8 nitrogen and oxygen atoms in total. The molecule has 2 fully saturated rings. The van der Waals surface area contributed by atoms with Gasteiger partial charge in [-0.3, -0.25) is 9.10 Å².